The molecule has 0 aliphatic carbocycles. The van der Waals surface area contributed by atoms with E-state index in [1.807, 2.05) is 13.8 Å². The number of anilines is 1. The molecule has 0 saturated heterocycles. The second-order valence-electron chi connectivity index (χ2n) is 4.46. The highest BCUT2D eigenvalue weighted by Gasteiger charge is 2.18. The van der Waals surface area contributed by atoms with E-state index in [1.54, 1.807) is 6.92 Å². The molecule has 0 aromatic heterocycles. The van der Waals surface area contributed by atoms with Crippen molar-refractivity contribution >= 4 is 23.4 Å². The molecule has 1 aromatic carbocycles. The van der Waals surface area contributed by atoms with E-state index in [4.69, 9.17) is 5.73 Å². The minimum Gasteiger partial charge on any atom is -0.398 e. The first kappa shape index (κ1) is 15.8. The summed E-state index contributed by atoms with van der Waals surface area (Å²) in [6, 6.07) is 4.39. The summed E-state index contributed by atoms with van der Waals surface area (Å²) in [5.74, 6) is -0.383. The van der Waals surface area contributed by atoms with Crippen LogP contribution in [0.5, 0.6) is 0 Å². The predicted molar refractivity (Wildman–Crippen MR) is 78.6 cm³/mol. The summed E-state index contributed by atoms with van der Waals surface area (Å²) in [7, 11) is 0. The van der Waals surface area contributed by atoms with Gasteiger partial charge in [0.15, 0.2) is 0 Å². The number of carbonyl (C=O) groups excluding carboxylic acids is 1. The summed E-state index contributed by atoms with van der Waals surface area (Å²) in [6.45, 7) is 5.88. The number of nitrogens with two attached hydrogens (primary N) is 1. The lowest BCUT2D eigenvalue weighted by molar-refractivity contribution is -0.121. The molecule has 19 heavy (non-hydrogen) atoms. The average molecular weight is 284 g/mol. The monoisotopic (exact) mass is 284 g/mol. The van der Waals surface area contributed by atoms with E-state index in [9.17, 15) is 9.18 Å². The number of hydrogen-bond acceptors (Lipinski definition) is 3. The lowest BCUT2D eigenvalue weighted by Gasteiger charge is -2.18. The minimum atomic E-state index is -0.343. The van der Waals surface area contributed by atoms with Crippen molar-refractivity contribution in [1.82, 2.24) is 5.32 Å². The van der Waals surface area contributed by atoms with E-state index in [0.717, 1.165) is 12.8 Å². The summed E-state index contributed by atoms with van der Waals surface area (Å²) in [5.41, 5.74) is 6.27. The fourth-order valence-corrected chi connectivity index (χ4v) is 2.61. The molecule has 1 aromatic rings. The molecule has 106 valence electrons. The highest BCUT2D eigenvalue weighted by molar-refractivity contribution is 8.00. The summed E-state index contributed by atoms with van der Waals surface area (Å²) >= 11 is 1.28. The van der Waals surface area contributed by atoms with E-state index in [2.05, 4.69) is 5.32 Å². The molecule has 5 heteroatoms. The van der Waals surface area contributed by atoms with Crippen LogP contribution in [0, 0.1) is 5.82 Å². The zero-order chi connectivity index (χ0) is 14.4. The second kappa shape index (κ2) is 7.38. The number of amides is 1. The Labute approximate surface area is 118 Å². The zero-order valence-electron chi connectivity index (χ0n) is 11.6. The van der Waals surface area contributed by atoms with Gasteiger partial charge in [0.1, 0.15) is 5.82 Å². The molecule has 0 bridgehead atoms. The number of nitrogens with one attached hydrogen (secondary N) is 1. The standard InChI is InChI=1S/C14H21FN2OS/c1-4-11(5-2)17-14(18)9(3)19-13-8-10(15)6-7-12(13)16/h6-9,11H,4-5,16H2,1-3H3,(H,17,18). The van der Waals surface area contributed by atoms with Crippen molar-refractivity contribution < 1.29 is 9.18 Å². The van der Waals surface area contributed by atoms with Crippen molar-refractivity contribution in [2.24, 2.45) is 0 Å². The Balaban J connectivity index is 2.65. The van der Waals surface area contributed by atoms with Gasteiger partial charge in [-0.05, 0) is 38.0 Å². The Morgan fingerprint density at radius 2 is 2.05 bits per heavy atom. The molecule has 3 nitrogen and oxygen atoms in total. The first-order valence-corrected chi connectivity index (χ1v) is 7.37. The molecular weight excluding hydrogens is 263 g/mol. The molecule has 0 aliphatic rings. The van der Waals surface area contributed by atoms with Crippen molar-refractivity contribution in [1.29, 1.82) is 0 Å². The third-order valence-electron chi connectivity index (χ3n) is 2.98. The van der Waals surface area contributed by atoms with E-state index < -0.39 is 0 Å². The molecular formula is C14H21FN2OS. The summed E-state index contributed by atoms with van der Waals surface area (Å²) in [4.78, 5) is 12.6. The summed E-state index contributed by atoms with van der Waals surface area (Å²) in [6.07, 6.45) is 1.81. The molecule has 0 aliphatic heterocycles. The molecule has 1 amide bonds. The van der Waals surface area contributed by atoms with Gasteiger partial charge in [-0.15, -0.1) is 11.8 Å². The van der Waals surface area contributed by atoms with Gasteiger partial charge in [-0.1, -0.05) is 13.8 Å². The number of benzene rings is 1. The van der Waals surface area contributed by atoms with Crippen LogP contribution < -0.4 is 11.1 Å². The molecule has 0 spiro atoms. The lowest BCUT2D eigenvalue weighted by atomic mass is 10.2. The number of halogens is 1. The Morgan fingerprint density at radius 1 is 1.42 bits per heavy atom. The molecule has 0 radical (unpaired) electrons. The second-order valence-corrected chi connectivity index (χ2v) is 5.85. The zero-order valence-corrected chi connectivity index (χ0v) is 12.4. The van der Waals surface area contributed by atoms with E-state index in [0.29, 0.717) is 10.6 Å². The number of thioether (sulfide) groups is 1. The van der Waals surface area contributed by atoms with E-state index >= 15 is 0 Å². The van der Waals surface area contributed by atoms with Crippen LogP contribution in [0.3, 0.4) is 0 Å². The number of rotatable bonds is 6. The SMILES string of the molecule is CCC(CC)NC(=O)C(C)Sc1cc(F)ccc1N. The first-order valence-electron chi connectivity index (χ1n) is 6.50. The molecule has 3 N–H and O–H groups in total. The Kier molecular flexibility index (Phi) is 6.15. The van der Waals surface area contributed by atoms with Crippen LogP contribution >= 0.6 is 11.8 Å². The maximum atomic E-state index is 13.1. The van der Waals surface area contributed by atoms with Gasteiger partial charge in [0.25, 0.3) is 0 Å². The molecule has 1 unspecified atom stereocenters. The largest absolute Gasteiger partial charge is 0.398 e. The van der Waals surface area contributed by atoms with Gasteiger partial charge in [0.05, 0.1) is 5.25 Å². The van der Waals surface area contributed by atoms with Crippen molar-refractivity contribution in [3.63, 3.8) is 0 Å². The van der Waals surface area contributed by atoms with E-state index in [-0.39, 0.29) is 23.0 Å². The summed E-state index contributed by atoms with van der Waals surface area (Å²) < 4.78 is 13.1. The number of hydrogen-bond donors (Lipinski definition) is 2. The third-order valence-corrected chi connectivity index (χ3v) is 4.16. The quantitative estimate of drug-likeness (QED) is 0.623. The number of carbonyl (C=O) groups is 1. The van der Waals surface area contributed by atoms with Crippen LogP contribution in [0.4, 0.5) is 10.1 Å². The Hall–Kier alpha value is -1.23. The van der Waals surface area contributed by atoms with Crippen molar-refractivity contribution in [3.05, 3.63) is 24.0 Å². The maximum Gasteiger partial charge on any atom is 0.233 e. The Bertz CT molecular complexity index is 435. The van der Waals surface area contributed by atoms with Crippen LogP contribution in [-0.4, -0.2) is 17.2 Å². The van der Waals surface area contributed by atoms with Crippen LogP contribution in [-0.2, 0) is 4.79 Å². The van der Waals surface area contributed by atoms with Gasteiger partial charge in [-0.3, -0.25) is 4.79 Å². The van der Waals surface area contributed by atoms with Crippen LogP contribution in [0.2, 0.25) is 0 Å². The maximum absolute atomic E-state index is 13.1. The fourth-order valence-electron chi connectivity index (χ4n) is 1.67. The van der Waals surface area contributed by atoms with Crippen molar-refractivity contribution in [2.75, 3.05) is 5.73 Å². The molecule has 1 atom stereocenters. The molecule has 0 heterocycles. The Morgan fingerprint density at radius 3 is 2.63 bits per heavy atom. The van der Waals surface area contributed by atoms with Gasteiger partial charge < -0.3 is 11.1 Å². The summed E-state index contributed by atoms with van der Waals surface area (Å²) in [5, 5.41) is 2.67. The van der Waals surface area contributed by atoms with E-state index in [1.165, 1.54) is 30.0 Å². The predicted octanol–water partition coefficient (Wildman–Crippen LogP) is 3.19. The van der Waals surface area contributed by atoms with Crippen molar-refractivity contribution in [3.8, 4) is 0 Å². The smallest absolute Gasteiger partial charge is 0.233 e. The van der Waals surface area contributed by atoms with Crippen LogP contribution in [0.1, 0.15) is 33.6 Å². The van der Waals surface area contributed by atoms with Gasteiger partial charge >= 0.3 is 0 Å². The minimum absolute atomic E-state index is 0.0395. The molecule has 0 fully saturated rings. The molecule has 1 rings (SSSR count). The first-order chi connectivity index (χ1) is 8.97. The van der Waals surface area contributed by atoms with Gasteiger partial charge in [0, 0.05) is 16.6 Å². The van der Waals surface area contributed by atoms with Crippen LogP contribution in [0.25, 0.3) is 0 Å². The number of nitrogen functional groups attached to an aromatic ring is 1. The van der Waals surface area contributed by atoms with Gasteiger partial charge in [-0.2, -0.15) is 0 Å². The van der Waals surface area contributed by atoms with Gasteiger partial charge in [-0.25, -0.2) is 4.39 Å². The lowest BCUT2D eigenvalue weighted by Crippen LogP contribution is -2.38. The normalized spacial score (nSPS) is 12.5. The topological polar surface area (TPSA) is 55.1 Å². The van der Waals surface area contributed by atoms with Crippen molar-refractivity contribution in [2.45, 2.75) is 49.8 Å². The van der Waals surface area contributed by atoms with Crippen LogP contribution in [0.15, 0.2) is 23.1 Å². The fraction of sp³-hybridized carbons (Fsp3) is 0.500. The molecule has 0 saturated carbocycles. The van der Waals surface area contributed by atoms with Gasteiger partial charge in [0.2, 0.25) is 5.91 Å². The third kappa shape index (κ3) is 4.74. The highest BCUT2D eigenvalue weighted by atomic mass is 32.2. The average Bonchev–Trinajstić information content (AvgIpc) is 2.39. The highest BCUT2D eigenvalue weighted by Crippen LogP contribution is 2.29.